The molecular weight excluding hydrogens is 190 g/mol. The summed E-state index contributed by atoms with van der Waals surface area (Å²) in [5.74, 6) is 0. The van der Waals surface area contributed by atoms with E-state index in [9.17, 15) is 0 Å². The van der Waals surface area contributed by atoms with Crippen molar-refractivity contribution in [3.63, 3.8) is 0 Å². The molecule has 1 aliphatic rings. The van der Waals surface area contributed by atoms with Crippen LogP contribution in [0.3, 0.4) is 0 Å². The van der Waals surface area contributed by atoms with Gasteiger partial charge in [0.2, 0.25) is 0 Å². The Morgan fingerprint density at radius 2 is 2.29 bits per heavy atom. The highest BCUT2D eigenvalue weighted by Crippen LogP contribution is 2.33. The minimum absolute atomic E-state index is 0.636. The molecule has 0 radical (unpaired) electrons. The van der Waals surface area contributed by atoms with E-state index >= 15 is 0 Å². The molecule has 1 nitrogen and oxygen atoms in total. The lowest BCUT2D eigenvalue weighted by atomic mass is 9.73. The molecule has 0 amide bonds. The van der Waals surface area contributed by atoms with Crippen molar-refractivity contribution in [3.8, 4) is 0 Å². The Bertz CT molecular complexity index is 262. The maximum absolute atomic E-state index is 3.42. The first-order valence-electron chi connectivity index (χ1n) is 5.56. The number of nitrogens with one attached hydrogen (secondary N) is 1. The molecule has 1 aliphatic heterocycles. The highest BCUT2D eigenvalue weighted by Gasteiger charge is 2.35. The molecule has 1 aromatic heterocycles. The number of hydrogen-bond acceptors (Lipinski definition) is 2. The van der Waals surface area contributed by atoms with Crippen molar-refractivity contribution in [1.29, 1.82) is 0 Å². The Labute approximate surface area is 90.5 Å². The molecule has 0 aromatic carbocycles. The van der Waals surface area contributed by atoms with Crippen LogP contribution >= 0.6 is 11.3 Å². The SMILES string of the molecule is CCCC1(CCc2ccsc2)CNC1. The Hall–Kier alpha value is -0.340. The first kappa shape index (κ1) is 10.2. The minimum atomic E-state index is 0.636. The van der Waals surface area contributed by atoms with E-state index in [1.807, 2.05) is 11.3 Å². The van der Waals surface area contributed by atoms with Crippen molar-refractivity contribution in [1.82, 2.24) is 5.32 Å². The molecule has 0 spiro atoms. The smallest absolute Gasteiger partial charge is 0.00203 e. The third-order valence-electron chi connectivity index (χ3n) is 3.30. The lowest BCUT2D eigenvalue weighted by Crippen LogP contribution is -2.53. The second-order valence-corrected chi connectivity index (χ2v) is 5.27. The zero-order valence-corrected chi connectivity index (χ0v) is 9.70. The molecule has 0 aliphatic carbocycles. The van der Waals surface area contributed by atoms with Crippen molar-refractivity contribution >= 4 is 11.3 Å². The zero-order chi connectivity index (χ0) is 9.86. The van der Waals surface area contributed by atoms with Crippen LogP contribution < -0.4 is 5.32 Å². The summed E-state index contributed by atoms with van der Waals surface area (Å²) in [5.41, 5.74) is 2.16. The van der Waals surface area contributed by atoms with Gasteiger partial charge in [0.15, 0.2) is 0 Å². The minimum Gasteiger partial charge on any atom is -0.316 e. The molecule has 1 fully saturated rings. The predicted octanol–water partition coefficient (Wildman–Crippen LogP) is 3.07. The Balaban J connectivity index is 1.83. The van der Waals surface area contributed by atoms with Gasteiger partial charge >= 0.3 is 0 Å². The lowest BCUT2D eigenvalue weighted by Gasteiger charge is -2.43. The molecule has 1 aromatic rings. The first-order chi connectivity index (χ1) is 6.85. The Kier molecular flexibility index (Phi) is 3.24. The first-order valence-corrected chi connectivity index (χ1v) is 6.51. The number of aryl methyl sites for hydroxylation is 1. The van der Waals surface area contributed by atoms with Crippen molar-refractivity contribution in [2.24, 2.45) is 5.41 Å². The van der Waals surface area contributed by atoms with Crippen LogP contribution in [0.15, 0.2) is 16.8 Å². The highest BCUT2D eigenvalue weighted by molar-refractivity contribution is 7.07. The molecular formula is C12H19NS. The van der Waals surface area contributed by atoms with Crippen molar-refractivity contribution in [3.05, 3.63) is 22.4 Å². The van der Waals surface area contributed by atoms with Crippen LogP contribution in [0.25, 0.3) is 0 Å². The normalized spacial score (nSPS) is 19.2. The van der Waals surface area contributed by atoms with Crippen LogP contribution in [0, 0.1) is 5.41 Å². The average molecular weight is 209 g/mol. The molecule has 0 bridgehead atoms. The van der Waals surface area contributed by atoms with Gasteiger partial charge in [-0.1, -0.05) is 13.3 Å². The molecule has 0 unspecified atom stereocenters. The van der Waals surface area contributed by atoms with E-state index in [1.54, 1.807) is 0 Å². The fraction of sp³-hybridized carbons (Fsp3) is 0.667. The maximum Gasteiger partial charge on any atom is 0.00203 e. The molecule has 2 rings (SSSR count). The molecule has 0 saturated carbocycles. The van der Waals surface area contributed by atoms with Crippen molar-refractivity contribution in [2.75, 3.05) is 13.1 Å². The van der Waals surface area contributed by atoms with Crippen LogP contribution in [0.4, 0.5) is 0 Å². The second-order valence-electron chi connectivity index (χ2n) is 4.49. The van der Waals surface area contributed by atoms with E-state index in [2.05, 4.69) is 29.1 Å². The summed E-state index contributed by atoms with van der Waals surface area (Å²) in [7, 11) is 0. The lowest BCUT2D eigenvalue weighted by molar-refractivity contribution is 0.137. The van der Waals surface area contributed by atoms with Gasteiger partial charge in [-0.05, 0) is 47.1 Å². The number of hydrogen-bond donors (Lipinski definition) is 1. The Morgan fingerprint density at radius 3 is 2.79 bits per heavy atom. The molecule has 0 atom stereocenters. The summed E-state index contributed by atoms with van der Waals surface area (Å²) in [5, 5.41) is 7.88. The molecule has 78 valence electrons. The Morgan fingerprint density at radius 1 is 1.43 bits per heavy atom. The summed E-state index contributed by atoms with van der Waals surface area (Å²) >= 11 is 1.81. The maximum atomic E-state index is 3.42. The third-order valence-corrected chi connectivity index (χ3v) is 4.04. The second kappa shape index (κ2) is 4.45. The van der Waals surface area contributed by atoms with E-state index in [1.165, 1.54) is 44.3 Å². The van der Waals surface area contributed by atoms with E-state index in [0.29, 0.717) is 5.41 Å². The average Bonchev–Trinajstić information content (AvgIpc) is 2.62. The quantitative estimate of drug-likeness (QED) is 0.786. The van der Waals surface area contributed by atoms with Crippen LogP contribution in [0.1, 0.15) is 31.7 Å². The van der Waals surface area contributed by atoms with Crippen LogP contribution in [-0.4, -0.2) is 13.1 Å². The largest absolute Gasteiger partial charge is 0.316 e. The van der Waals surface area contributed by atoms with Gasteiger partial charge in [-0.25, -0.2) is 0 Å². The van der Waals surface area contributed by atoms with Crippen LogP contribution in [0.5, 0.6) is 0 Å². The topological polar surface area (TPSA) is 12.0 Å². The highest BCUT2D eigenvalue weighted by atomic mass is 32.1. The van der Waals surface area contributed by atoms with E-state index in [4.69, 9.17) is 0 Å². The summed E-state index contributed by atoms with van der Waals surface area (Å²) in [6.07, 6.45) is 5.35. The summed E-state index contributed by atoms with van der Waals surface area (Å²) in [6.45, 7) is 4.78. The van der Waals surface area contributed by atoms with Gasteiger partial charge in [0.25, 0.3) is 0 Å². The van der Waals surface area contributed by atoms with Crippen LogP contribution in [0.2, 0.25) is 0 Å². The molecule has 1 saturated heterocycles. The zero-order valence-electron chi connectivity index (χ0n) is 8.88. The van der Waals surface area contributed by atoms with E-state index in [0.717, 1.165) is 0 Å². The van der Waals surface area contributed by atoms with E-state index in [-0.39, 0.29) is 0 Å². The van der Waals surface area contributed by atoms with Crippen molar-refractivity contribution < 1.29 is 0 Å². The summed E-state index contributed by atoms with van der Waals surface area (Å²) in [4.78, 5) is 0. The molecule has 14 heavy (non-hydrogen) atoms. The van der Waals surface area contributed by atoms with Gasteiger partial charge in [0.1, 0.15) is 0 Å². The van der Waals surface area contributed by atoms with Gasteiger partial charge in [-0.2, -0.15) is 11.3 Å². The predicted molar refractivity (Wildman–Crippen MR) is 62.9 cm³/mol. The number of rotatable bonds is 5. The van der Waals surface area contributed by atoms with Gasteiger partial charge in [-0.15, -0.1) is 0 Å². The molecule has 1 N–H and O–H groups in total. The van der Waals surface area contributed by atoms with Gasteiger partial charge in [0, 0.05) is 13.1 Å². The monoisotopic (exact) mass is 209 g/mol. The number of thiophene rings is 1. The molecule has 2 heteroatoms. The van der Waals surface area contributed by atoms with Gasteiger partial charge < -0.3 is 5.32 Å². The molecule has 2 heterocycles. The standard InChI is InChI=1S/C12H19NS/c1-2-5-12(9-13-10-12)6-3-11-4-7-14-8-11/h4,7-8,13H,2-3,5-6,9-10H2,1H3. The fourth-order valence-corrected chi connectivity index (χ4v) is 3.03. The van der Waals surface area contributed by atoms with E-state index < -0.39 is 0 Å². The van der Waals surface area contributed by atoms with Crippen molar-refractivity contribution in [2.45, 2.75) is 32.6 Å². The fourth-order valence-electron chi connectivity index (χ4n) is 2.33. The van der Waals surface area contributed by atoms with Gasteiger partial charge in [0.05, 0.1) is 0 Å². The summed E-state index contributed by atoms with van der Waals surface area (Å²) < 4.78 is 0. The van der Waals surface area contributed by atoms with Crippen LogP contribution in [-0.2, 0) is 6.42 Å². The van der Waals surface area contributed by atoms with Gasteiger partial charge in [-0.3, -0.25) is 0 Å². The summed E-state index contributed by atoms with van der Waals surface area (Å²) in [6, 6.07) is 2.26. The third kappa shape index (κ3) is 2.18.